The van der Waals surface area contributed by atoms with Crippen LogP contribution >= 0.6 is 0 Å². The number of hydrogen-bond acceptors (Lipinski definition) is 4. The fourth-order valence-electron chi connectivity index (χ4n) is 4.40. The zero-order chi connectivity index (χ0) is 21.7. The fraction of sp³-hybridized carbons (Fsp3) is 0.318. The van der Waals surface area contributed by atoms with E-state index in [1.807, 2.05) is 30.3 Å². The summed E-state index contributed by atoms with van der Waals surface area (Å²) < 4.78 is 16.9. The van der Waals surface area contributed by atoms with Gasteiger partial charge in [0.15, 0.2) is 17.3 Å². The monoisotopic (exact) mass is 381 g/mol. The number of fused-ring (bicyclic) bond motifs is 2. The third kappa shape index (κ3) is 2.68. The molecule has 1 aromatic heterocycles. The van der Waals surface area contributed by atoms with Crippen molar-refractivity contribution in [2.24, 2.45) is 0 Å². The molecule has 28 heavy (non-hydrogen) atoms. The van der Waals surface area contributed by atoms with E-state index < -0.39 is 47.2 Å². The van der Waals surface area contributed by atoms with Crippen LogP contribution in [0.3, 0.4) is 0 Å². The van der Waals surface area contributed by atoms with Crippen molar-refractivity contribution in [3.8, 4) is 11.3 Å². The van der Waals surface area contributed by atoms with Gasteiger partial charge in [0.05, 0.1) is 12.1 Å². The van der Waals surface area contributed by atoms with Crippen molar-refractivity contribution in [1.82, 2.24) is 4.57 Å². The van der Waals surface area contributed by atoms with Crippen molar-refractivity contribution in [1.29, 1.82) is 0 Å². The summed E-state index contributed by atoms with van der Waals surface area (Å²) >= 11 is 0. The molecule has 6 nitrogen and oxygen atoms in total. The lowest BCUT2D eigenvalue weighted by atomic mass is 9.80. The van der Waals surface area contributed by atoms with Crippen LogP contribution in [0.2, 0.25) is 0 Å². The van der Waals surface area contributed by atoms with Crippen LogP contribution in [0.5, 0.6) is 0 Å². The molecule has 0 atom stereocenters. The van der Waals surface area contributed by atoms with Gasteiger partial charge in [-0.15, -0.1) is 0 Å². The summed E-state index contributed by atoms with van der Waals surface area (Å²) in [5, 5.41) is 19.9. The highest BCUT2D eigenvalue weighted by Crippen LogP contribution is 2.48. The standard InChI is InChI=1S/C22H21NO5/c24-17(10-11-18(25)26)19-20(27)16-9-8-15(14-6-2-1-3-7-14)23(16)22(21(19)28)12-4-5-13-22/h1-3,6-9,27H,4-5,10-13H2,(H,25,26)/i11D2. The lowest BCUT2D eigenvalue weighted by Crippen LogP contribution is -2.46. The van der Waals surface area contributed by atoms with Crippen LogP contribution in [0.15, 0.2) is 48.0 Å². The first-order valence-corrected chi connectivity index (χ1v) is 9.22. The maximum Gasteiger partial charge on any atom is 0.303 e. The Hall–Kier alpha value is -3.15. The van der Waals surface area contributed by atoms with E-state index >= 15 is 0 Å². The summed E-state index contributed by atoms with van der Waals surface area (Å²) in [5.41, 5.74) is 0.395. The summed E-state index contributed by atoms with van der Waals surface area (Å²) in [4.78, 5) is 37.5. The largest absolute Gasteiger partial charge is 0.505 e. The molecule has 2 heterocycles. The van der Waals surface area contributed by atoms with E-state index in [9.17, 15) is 19.5 Å². The van der Waals surface area contributed by atoms with E-state index in [0.29, 0.717) is 18.5 Å². The van der Waals surface area contributed by atoms with Gasteiger partial charge in [-0.3, -0.25) is 14.4 Å². The average Bonchev–Trinajstić information content (AvgIpc) is 3.35. The van der Waals surface area contributed by atoms with Gasteiger partial charge in [-0.05, 0) is 30.5 Å². The number of carboxylic acid groups (broad SMARTS) is 1. The number of carbonyl (C=O) groups is 3. The molecule has 0 bridgehead atoms. The smallest absolute Gasteiger partial charge is 0.303 e. The van der Waals surface area contributed by atoms with Crippen molar-refractivity contribution < 1.29 is 27.3 Å². The molecule has 2 aromatic rings. The van der Waals surface area contributed by atoms with Gasteiger partial charge in [-0.1, -0.05) is 43.2 Å². The Balaban J connectivity index is 1.89. The Morgan fingerprint density at radius 3 is 2.36 bits per heavy atom. The molecular formula is C22H21NO5. The van der Waals surface area contributed by atoms with Crippen molar-refractivity contribution in [3.63, 3.8) is 0 Å². The molecule has 0 unspecified atom stereocenters. The number of Topliss-reactive ketones (excluding diaryl/α,β-unsaturated/α-hetero) is 2. The first kappa shape index (κ1) is 15.9. The molecule has 1 aromatic carbocycles. The second-order valence-corrected chi connectivity index (χ2v) is 7.18. The molecule has 0 radical (unpaired) electrons. The van der Waals surface area contributed by atoms with Crippen LogP contribution in [0.1, 0.15) is 46.9 Å². The molecule has 4 rings (SSSR count). The third-order valence-electron chi connectivity index (χ3n) is 5.62. The maximum atomic E-state index is 13.6. The number of hydrogen-bond donors (Lipinski definition) is 2. The zero-order valence-electron chi connectivity index (χ0n) is 17.1. The highest BCUT2D eigenvalue weighted by Gasteiger charge is 2.51. The van der Waals surface area contributed by atoms with Crippen LogP contribution in [0, 0.1) is 0 Å². The third-order valence-corrected chi connectivity index (χ3v) is 5.62. The molecule has 1 fully saturated rings. The molecule has 0 saturated heterocycles. The summed E-state index contributed by atoms with van der Waals surface area (Å²) in [7, 11) is 0. The minimum atomic E-state index is -2.83. The van der Waals surface area contributed by atoms with Gasteiger partial charge >= 0.3 is 5.97 Å². The van der Waals surface area contributed by atoms with Crippen LogP contribution in [0.4, 0.5) is 0 Å². The summed E-state index contributed by atoms with van der Waals surface area (Å²) in [5.74, 6) is -3.87. The van der Waals surface area contributed by atoms with Crippen molar-refractivity contribution in [2.75, 3.05) is 0 Å². The number of nitrogens with zero attached hydrogens (tertiary/aromatic N) is 1. The Kier molecular flexibility index (Phi) is 3.84. The van der Waals surface area contributed by atoms with Crippen molar-refractivity contribution in [3.05, 3.63) is 53.7 Å². The minimum Gasteiger partial charge on any atom is -0.505 e. The number of aromatic nitrogens is 1. The van der Waals surface area contributed by atoms with E-state index in [4.69, 9.17) is 7.85 Å². The number of rotatable bonds is 5. The Bertz CT molecular complexity index is 1080. The average molecular weight is 381 g/mol. The predicted molar refractivity (Wildman–Crippen MR) is 103 cm³/mol. The van der Waals surface area contributed by atoms with Gasteiger partial charge in [0.1, 0.15) is 11.1 Å². The number of allylic oxidation sites excluding steroid dienone is 1. The number of carbonyl (C=O) groups excluding carboxylic acids is 2. The Morgan fingerprint density at radius 2 is 1.71 bits per heavy atom. The van der Waals surface area contributed by atoms with Gasteiger partial charge in [-0.25, -0.2) is 0 Å². The molecular weight excluding hydrogens is 358 g/mol. The van der Waals surface area contributed by atoms with Gasteiger partial charge in [-0.2, -0.15) is 0 Å². The number of carboxylic acids is 1. The van der Waals surface area contributed by atoms with Gasteiger partial charge in [0, 0.05) is 14.9 Å². The Labute approximate surface area is 164 Å². The lowest BCUT2D eigenvalue weighted by Gasteiger charge is -2.37. The summed E-state index contributed by atoms with van der Waals surface area (Å²) in [6.45, 7) is 0. The minimum absolute atomic E-state index is 0.314. The van der Waals surface area contributed by atoms with E-state index in [1.165, 1.54) is 0 Å². The van der Waals surface area contributed by atoms with Gasteiger partial charge in [0.25, 0.3) is 0 Å². The SMILES string of the molecule is [2H]C([2H])(CC(=O)C1=C(O)c2ccc(-c3ccccc3)n2C2(CCCC2)C1=O)C(=O)O. The lowest BCUT2D eigenvalue weighted by molar-refractivity contribution is -0.138. The number of aliphatic carboxylic acids is 1. The summed E-state index contributed by atoms with van der Waals surface area (Å²) in [6.07, 6.45) is -1.32. The van der Waals surface area contributed by atoms with Crippen LogP contribution in [0.25, 0.3) is 17.0 Å². The number of aliphatic hydroxyl groups excluding tert-OH is 1. The fourth-order valence-corrected chi connectivity index (χ4v) is 4.40. The van der Waals surface area contributed by atoms with Crippen LogP contribution in [-0.4, -0.2) is 32.3 Å². The number of ketones is 2. The van der Waals surface area contributed by atoms with Gasteiger partial charge < -0.3 is 14.8 Å². The predicted octanol–water partition coefficient (Wildman–Crippen LogP) is 3.71. The molecule has 1 spiro atoms. The quantitative estimate of drug-likeness (QED) is 0.770. The van der Waals surface area contributed by atoms with E-state index in [2.05, 4.69) is 0 Å². The highest BCUT2D eigenvalue weighted by molar-refractivity contribution is 6.28. The molecule has 1 saturated carbocycles. The molecule has 6 heteroatoms. The molecule has 0 amide bonds. The second kappa shape index (κ2) is 6.78. The summed E-state index contributed by atoms with van der Waals surface area (Å²) in [6, 6.07) is 12.9. The zero-order valence-corrected chi connectivity index (χ0v) is 15.1. The maximum absolute atomic E-state index is 13.6. The molecule has 144 valence electrons. The van der Waals surface area contributed by atoms with E-state index in [0.717, 1.165) is 24.1 Å². The number of benzene rings is 1. The molecule has 2 aliphatic rings. The number of aliphatic hydroxyl groups is 1. The van der Waals surface area contributed by atoms with Crippen molar-refractivity contribution in [2.45, 2.75) is 44.0 Å². The topological polar surface area (TPSA) is 96.6 Å². The van der Waals surface area contributed by atoms with E-state index in [-0.39, 0.29) is 0 Å². The normalized spacial score (nSPS) is 19.4. The van der Waals surface area contributed by atoms with Crippen molar-refractivity contribution >= 4 is 23.3 Å². The second-order valence-electron chi connectivity index (χ2n) is 7.18. The van der Waals surface area contributed by atoms with Gasteiger partial charge in [0.2, 0.25) is 0 Å². The molecule has 2 N–H and O–H groups in total. The van der Waals surface area contributed by atoms with E-state index in [1.54, 1.807) is 16.7 Å². The first-order chi connectivity index (χ1) is 14.2. The highest BCUT2D eigenvalue weighted by atomic mass is 16.4. The molecule has 1 aliphatic carbocycles. The van der Waals surface area contributed by atoms with Crippen LogP contribution in [-0.2, 0) is 19.9 Å². The Morgan fingerprint density at radius 1 is 1.07 bits per heavy atom. The van der Waals surface area contributed by atoms with Crippen LogP contribution < -0.4 is 0 Å². The molecule has 1 aliphatic heterocycles. The first-order valence-electron chi connectivity index (χ1n) is 10.2.